The second-order valence-corrected chi connectivity index (χ2v) is 28.6. The molecule has 1 saturated carbocycles. The van der Waals surface area contributed by atoms with E-state index in [-0.39, 0.29) is 0 Å². The minimum Gasteiger partial charge on any atom is -0.381 e. The lowest BCUT2D eigenvalue weighted by Gasteiger charge is -2.22. The van der Waals surface area contributed by atoms with Crippen molar-refractivity contribution in [2.45, 2.75) is 309 Å². The number of ether oxygens (including phenoxy) is 1. The summed E-state index contributed by atoms with van der Waals surface area (Å²) in [6.45, 7) is 58.0. The van der Waals surface area contributed by atoms with Gasteiger partial charge in [0.25, 0.3) is 0 Å². The second kappa shape index (κ2) is 38.9. The summed E-state index contributed by atoms with van der Waals surface area (Å²) in [6.07, 6.45) is 13.1. The topological polar surface area (TPSA) is 134 Å². The maximum absolute atomic E-state index is 5.36. The molecule has 3 aliphatic rings. The third-order valence-corrected chi connectivity index (χ3v) is 17.3. The van der Waals surface area contributed by atoms with Crippen LogP contribution in [-0.2, 0) is 51.2 Å². The molecule has 1 aromatic carbocycles. The predicted molar refractivity (Wildman–Crippen MR) is 391 cm³/mol. The molecule has 1 saturated heterocycles. The Kier molecular flexibility index (Phi) is 33.1. The Bertz CT molecular complexity index is 3230. The van der Waals surface area contributed by atoms with Crippen molar-refractivity contribution in [2.75, 3.05) is 13.2 Å². The van der Waals surface area contributed by atoms with Crippen LogP contribution in [0, 0.1) is 27.7 Å². The van der Waals surface area contributed by atoms with Crippen LogP contribution in [0.5, 0.6) is 0 Å². The van der Waals surface area contributed by atoms with Crippen molar-refractivity contribution in [3.05, 3.63) is 158 Å². The summed E-state index contributed by atoms with van der Waals surface area (Å²) in [4.78, 5) is 0. The van der Waals surface area contributed by atoms with E-state index in [0.717, 1.165) is 58.0 Å². The van der Waals surface area contributed by atoms with E-state index in [2.05, 4.69) is 289 Å². The number of aryl methyl sites for hydroxylation is 11. The van der Waals surface area contributed by atoms with Crippen LogP contribution < -0.4 is 0 Å². The van der Waals surface area contributed by atoms with Gasteiger partial charge in [-0.25, -0.2) is 0 Å². The van der Waals surface area contributed by atoms with Crippen LogP contribution in [0.1, 0.15) is 335 Å². The van der Waals surface area contributed by atoms with Crippen molar-refractivity contribution in [3.63, 3.8) is 0 Å². The van der Waals surface area contributed by atoms with Gasteiger partial charge in [0.1, 0.15) is 0 Å². The van der Waals surface area contributed by atoms with Crippen LogP contribution in [-0.4, -0.2) is 81.7 Å². The Hall–Kier alpha value is -6.35. The summed E-state index contributed by atoms with van der Waals surface area (Å²) in [5, 5.41) is 31.6. The monoisotopic (exact) mass is 1280 g/mol. The number of benzene rings is 1. The van der Waals surface area contributed by atoms with Crippen molar-refractivity contribution in [1.29, 1.82) is 0 Å². The third-order valence-electron chi connectivity index (χ3n) is 17.3. The molecule has 0 N–H and O–H groups in total. The first-order valence-electron chi connectivity index (χ1n) is 35.9. The molecule has 93 heavy (non-hydrogen) atoms. The molecule has 11 rings (SSSR count). The number of hydrogen-bond acceptors (Lipinski definition) is 8. The molecule has 8 aromatic rings. The van der Waals surface area contributed by atoms with Crippen molar-refractivity contribution in [1.82, 2.24) is 68.5 Å². The quantitative estimate of drug-likeness (QED) is 0.105. The van der Waals surface area contributed by atoms with E-state index in [1.54, 1.807) is 0 Å². The van der Waals surface area contributed by atoms with Gasteiger partial charge in [-0.05, 0) is 201 Å². The molecule has 0 spiro atoms. The minimum absolute atomic E-state index is 0.470. The Morgan fingerprint density at radius 3 is 1.34 bits per heavy atom. The molecule has 518 valence electrons. The Balaban J connectivity index is 0.000000227. The Morgan fingerprint density at radius 2 is 0.957 bits per heavy atom. The van der Waals surface area contributed by atoms with Crippen molar-refractivity contribution in [2.24, 2.45) is 14.1 Å². The first-order chi connectivity index (χ1) is 43.9. The van der Waals surface area contributed by atoms with E-state index in [9.17, 15) is 0 Å². The van der Waals surface area contributed by atoms with Gasteiger partial charge in [-0.2, -0.15) is 35.7 Å². The first kappa shape index (κ1) is 79.1. The van der Waals surface area contributed by atoms with Crippen LogP contribution in [0.25, 0.3) is 0 Å². The molecular weight excluding hydrogens is 1150 g/mol. The molecule has 15 heteroatoms. The average Bonchev–Trinajstić information content (AvgIpc) is 1.72. The number of nitrogens with zero attached hydrogens (tertiary/aromatic N) is 14. The Labute approximate surface area is 565 Å². The van der Waals surface area contributed by atoms with Gasteiger partial charge in [0.15, 0.2) is 0 Å². The third kappa shape index (κ3) is 25.4. The van der Waals surface area contributed by atoms with Crippen molar-refractivity contribution < 1.29 is 4.74 Å². The minimum atomic E-state index is 0.470. The largest absolute Gasteiger partial charge is 0.381 e. The van der Waals surface area contributed by atoms with Gasteiger partial charge < -0.3 is 4.74 Å². The SMILES string of the molecule is CC(C)c1cc2n(n1)CCCC2.CC(C)c1ccccc1.CCc1cc(C(C)C)nn1C.CCc1cc(C(C)C)nn1C1CC1.CCn1nc(C(C)C)cc1C.Cc1cc(C(C)C)nn1C.Cc1cc(C(C)C)nn1C(C)C.Cc1cn(C2CCOCC2)nc1C(C)C. The molecule has 0 radical (unpaired) electrons. The van der Waals surface area contributed by atoms with Gasteiger partial charge in [-0.3, -0.25) is 32.8 Å². The van der Waals surface area contributed by atoms with E-state index in [0.29, 0.717) is 59.4 Å². The highest BCUT2D eigenvalue weighted by Crippen LogP contribution is 2.36. The maximum atomic E-state index is 5.36. The predicted octanol–water partition coefficient (Wildman–Crippen LogP) is 19.9. The molecule has 0 atom stereocenters. The number of hydrogen-bond donors (Lipinski definition) is 0. The summed E-state index contributed by atoms with van der Waals surface area (Å²) in [7, 11) is 3.98. The van der Waals surface area contributed by atoms with Crippen LogP contribution in [0.3, 0.4) is 0 Å². The van der Waals surface area contributed by atoms with E-state index >= 15 is 0 Å². The van der Waals surface area contributed by atoms with Crippen LogP contribution in [0.4, 0.5) is 0 Å². The van der Waals surface area contributed by atoms with Gasteiger partial charge in [0, 0.05) is 86.8 Å². The molecule has 9 heterocycles. The lowest BCUT2D eigenvalue weighted by atomic mass is 10.0. The van der Waals surface area contributed by atoms with E-state index < -0.39 is 0 Å². The first-order valence-corrected chi connectivity index (χ1v) is 35.9. The smallest absolute Gasteiger partial charge is 0.0679 e. The van der Waals surface area contributed by atoms with Crippen LogP contribution in [0.2, 0.25) is 0 Å². The van der Waals surface area contributed by atoms with E-state index in [1.807, 2.05) is 34.2 Å². The molecule has 1 aliphatic carbocycles. The highest BCUT2D eigenvalue weighted by Gasteiger charge is 2.27. The standard InChI is InChI=1S/C12H20N2O.C11H18N2.C10H16N2.C10H18N2.2C9H16N2.C9H12.C8H14N2/c1-9(2)12-10(3)8-14(13-12)11-4-6-15-7-5-11;1-4-9-7-11(8(2)3)12-13(9)10-5-6-10;1-8(2)10-7-9-5-3-4-6-12(9)11-10;1-7(2)10-6-9(5)12(11-10)8(3)4;1-5-8-6-9(7(2)3)10-11(8)4;1-5-11-8(4)6-9(10-11)7(2)3;1-8(2)9-6-4-3-5-7-9;1-6(2)8-5-7(3)10(4)9-8/h8-9,11H,4-7H2,1-3H3;7-8,10H,4-6H2,1-3H3;7-8H,3-6H2,1-2H3;6-8H,1-5H3;2*6-7H,5H2,1-4H3;3-8H,1-2H3;5-6H,1-4H3. The lowest BCUT2D eigenvalue weighted by molar-refractivity contribution is 0.0661. The molecule has 0 bridgehead atoms. The summed E-state index contributed by atoms with van der Waals surface area (Å²) < 4.78 is 19.9. The molecule has 7 aromatic heterocycles. The maximum Gasteiger partial charge on any atom is 0.0679 e. The molecule has 15 nitrogen and oxygen atoms in total. The number of rotatable bonds is 14. The van der Waals surface area contributed by atoms with Crippen molar-refractivity contribution >= 4 is 0 Å². The zero-order chi connectivity index (χ0) is 69.4. The normalized spacial score (nSPS) is 13.8. The Morgan fingerprint density at radius 1 is 0.462 bits per heavy atom. The number of fused-ring (bicyclic) bond motifs is 1. The summed E-state index contributed by atoms with van der Waals surface area (Å²) in [5.74, 6) is 4.47. The van der Waals surface area contributed by atoms with Crippen LogP contribution in [0.15, 0.2) is 72.9 Å². The highest BCUT2D eigenvalue weighted by molar-refractivity contribution is 5.21. The van der Waals surface area contributed by atoms with E-state index in [4.69, 9.17) is 9.84 Å². The summed E-state index contributed by atoms with van der Waals surface area (Å²) in [5.41, 5.74) is 19.2. The fraction of sp³-hybridized carbons (Fsp3) is 0.654. The van der Waals surface area contributed by atoms with Crippen molar-refractivity contribution in [3.8, 4) is 0 Å². The number of aromatic nitrogens is 14. The van der Waals surface area contributed by atoms with E-state index in [1.165, 1.54) is 117 Å². The lowest BCUT2D eigenvalue weighted by Crippen LogP contribution is -2.20. The summed E-state index contributed by atoms with van der Waals surface area (Å²) >= 11 is 0. The summed E-state index contributed by atoms with van der Waals surface area (Å²) in [6, 6.07) is 25.4. The molecule has 2 fully saturated rings. The molecular formula is C78H130N14O. The molecule has 2 aliphatic heterocycles. The zero-order valence-corrected chi connectivity index (χ0v) is 63.6. The fourth-order valence-corrected chi connectivity index (χ4v) is 10.9. The molecule has 0 amide bonds. The molecule has 0 unspecified atom stereocenters. The van der Waals surface area contributed by atoms with Gasteiger partial charge in [-0.15, -0.1) is 0 Å². The zero-order valence-electron chi connectivity index (χ0n) is 63.6. The fourth-order valence-electron chi connectivity index (χ4n) is 10.9. The van der Waals surface area contributed by atoms with Gasteiger partial charge in [-0.1, -0.05) is 155 Å². The second-order valence-electron chi connectivity index (χ2n) is 28.6. The van der Waals surface area contributed by atoms with Gasteiger partial charge in [0.05, 0.1) is 51.9 Å². The average molecular weight is 1280 g/mol. The van der Waals surface area contributed by atoms with Gasteiger partial charge in [0.2, 0.25) is 0 Å². The van der Waals surface area contributed by atoms with Crippen LogP contribution >= 0.6 is 0 Å². The van der Waals surface area contributed by atoms with Gasteiger partial charge >= 0.3 is 0 Å². The highest BCUT2D eigenvalue weighted by atomic mass is 16.5.